The van der Waals surface area contributed by atoms with E-state index < -0.39 is 0 Å². The van der Waals surface area contributed by atoms with Crippen molar-refractivity contribution in [2.75, 3.05) is 39.5 Å². The Labute approximate surface area is 119 Å². The number of hydrogen-bond donors (Lipinski definition) is 2. The highest BCUT2D eigenvalue weighted by Crippen LogP contribution is 2.20. The molecule has 0 radical (unpaired) electrons. The fourth-order valence-electron chi connectivity index (χ4n) is 1.98. The second kappa shape index (κ2) is 6.34. The van der Waals surface area contributed by atoms with Crippen LogP contribution in [0.15, 0.2) is 30.3 Å². The highest BCUT2D eigenvalue weighted by Gasteiger charge is 2.12. The van der Waals surface area contributed by atoms with Crippen LogP contribution in [-0.4, -0.2) is 50.0 Å². The number of carbonyl (C=O) groups is 1. The summed E-state index contributed by atoms with van der Waals surface area (Å²) < 4.78 is 0. The summed E-state index contributed by atoms with van der Waals surface area (Å²) in [7, 11) is 5.75. The first-order valence-electron chi connectivity index (χ1n) is 6.62. The van der Waals surface area contributed by atoms with E-state index in [4.69, 9.17) is 0 Å². The monoisotopic (exact) mass is 272 g/mol. The van der Waals surface area contributed by atoms with Gasteiger partial charge in [0, 0.05) is 25.5 Å². The Kier molecular flexibility index (Phi) is 4.53. The van der Waals surface area contributed by atoms with Crippen LogP contribution in [0.3, 0.4) is 0 Å². The van der Waals surface area contributed by atoms with E-state index in [9.17, 15) is 4.79 Å². The Morgan fingerprint density at radius 1 is 1.30 bits per heavy atom. The molecule has 0 saturated heterocycles. The zero-order valence-corrected chi connectivity index (χ0v) is 12.1. The van der Waals surface area contributed by atoms with Crippen LogP contribution in [0.25, 0.3) is 10.9 Å². The molecular formula is C15H20N4O. The average molecular weight is 272 g/mol. The number of aromatic nitrogens is 1. The number of amides is 1. The number of nitrogens with zero attached hydrogens (tertiary/aromatic N) is 2. The summed E-state index contributed by atoms with van der Waals surface area (Å²) >= 11 is 0. The number of carbonyl (C=O) groups excluding carboxylic acids is 1. The number of likely N-dealkylation sites (N-methyl/N-ethyl adjacent to an activating group) is 1. The van der Waals surface area contributed by atoms with Crippen molar-refractivity contribution in [3.63, 3.8) is 0 Å². The van der Waals surface area contributed by atoms with Crippen molar-refractivity contribution in [1.82, 2.24) is 15.2 Å². The van der Waals surface area contributed by atoms with Crippen LogP contribution in [0, 0.1) is 0 Å². The van der Waals surface area contributed by atoms with Crippen LogP contribution in [0.5, 0.6) is 0 Å². The van der Waals surface area contributed by atoms with Gasteiger partial charge in [0.2, 0.25) is 0 Å². The standard InChI is InChI=1S/C15H20N4O/c1-16-14-10-12(15(20)17-8-9-19(2)3)11-6-4-5-7-13(11)18-14/h4-7,10H,8-9H2,1-3H3,(H,16,18)(H,17,20). The SMILES string of the molecule is CNc1cc(C(=O)NCCN(C)C)c2ccccc2n1. The zero-order chi connectivity index (χ0) is 14.5. The van der Waals surface area contributed by atoms with Crippen molar-refractivity contribution >= 4 is 22.6 Å². The first-order valence-corrected chi connectivity index (χ1v) is 6.62. The van der Waals surface area contributed by atoms with Crippen LogP contribution >= 0.6 is 0 Å². The number of rotatable bonds is 5. The molecule has 2 N–H and O–H groups in total. The van der Waals surface area contributed by atoms with Gasteiger partial charge in [0.15, 0.2) is 0 Å². The van der Waals surface area contributed by atoms with Gasteiger partial charge in [-0.3, -0.25) is 4.79 Å². The van der Waals surface area contributed by atoms with E-state index >= 15 is 0 Å². The maximum Gasteiger partial charge on any atom is 0.252 e. The van der Waals surface area contributed by atoms with Crippen molar-refractivity contribution in [3.05, 3.63) is 35.9 Å². The molecule has 2 aromatic rings. The van der Waals surface area contributed by atoms with E-state index in [-0.39, 0.29) is 5.91 Å². The average Bonchev–Trinajstić information content (AvgIpc) is 2.45. The second-order valence-electron chi connectivity index (χ2n) is 4.88. The smallest absolute Gasteiger partial charge is 0.252 e. The maximum atomic E-state index is 12.3. The fraction of sp³-hybridized carbons (Fsp3) is 0.333. The lowest BCUT2D eigenvalue weighted by Crippen LogP contribution is -2.31. The van der Waals surface area contributed by atoms with E-state index in [1.807, 2.05) is 43.3 Å². The summed E-state index contributed by atoms with van der Waals surface area (Å²) in [6.07, 6.45) is 0. The molecule has 1 heterocycles. The highest BCUT2D eigenvalue weighted by molar-refractivity contribution is 6.06. The molecule has 0 saturated carbocycles. The molecule has 0 aliphatic carbocycles. The van der Waals surface area contributed by atoms with Crippen molar-refractivity contribution in [1.29, 1.82) is 0 Å². The number of fused-ring (bicyclic) bond motifs is 1. The van der Waals surface area contributed by atoms with Crippen molar-refractivity contribution in [2.24, 2.45) is 0 Å². The molecule has 0 fully saturated rings. The van der Waals surface area contributed by atoms with Crippen molar-refractivity contribution in [2.45, 2.75) is 0 Å². The predicted octanol–water partition coefficient (Wildman–Crippen LogP) is 1.57. The first-order chi connectivity index (χ1) is 9.61. The van der Waals surface area contributed by atoms with E-state index in [2.05, 4.69) is 15.6 Å². The molecule has 5 nitrogen and oxygen atoms in total. The molecule has 1 aromatic heterocycles. The van der Waals surface area contributed by atoms with Gasteiger partial charge in [0.05, 0.1) is 11.1 Å². The molecule has 5 heteroatoms. The minimum Gasteiger partial charge on any atom is -0.373 e. The highest BCUT2D eigenvalue weighted by atomic mass is 16.1. The van der Waals surface area contributed by atoms with Gasteiger partial charge in [0.1, 0.15) is 5.82 Å². The molecule has 20 heavy (non-hydrogen) atoms. The maximum absolute atomic E-state index is 12.3. The number of nitrogens with one attached hydrogen (secondary N) is 2. The largest absolute Gasteiger partial charge is 0.373 e. The predicted molar refractivity (Wildman–Crippen MR) is 82.2 cm³/mol. The summed E-state index contributed by atoms with van der Waals surface area (Å²) in [6, 6.07) is 9.45. The van der Waals surface area contributed by atoms with E-state index in [1.165, 1.54) is 0 Å². The van der Waals surface area contributed by atoms with Gasteiger partial charge in [0.25, 0.3) is 5.91 Å². The molecule has 0 atom stereocenters. The molecule has 0 aliphatic heterocycles. The van der Waals surface area contributed by atoms with Crippen LogP contribution in [0.2, 0.25) is 0 Å². The number of pyridine rings is 1. The van der Waals surface area contributed by atoms with Gasteiger partial charge in [-0.15, -0.1) is 0 Å². The normalized spacial score (nSPS) is 10.8. The van der Waals surface area contributed by atoms with E-state index in [0.29, 0.717) is 17.9 Å². The van der Waals surface area contributed by atoms with Crippen molar-refractivity contribution < 1.29 is 4.79 Å². The lowest BCUT2D eigenvalue weighted by molar-refractivity contribution is 0.0952. The number of para-hydroxylation sites is 1. The van der Waals surface area contributed by atoms with E-state index in [1.54, 1.807) is 13.1 Å². The molecule has 0 spiro atoms. The Bertz CT molecular complexity index is 610. The third-order valence-corrected chi connectivity index (χ3v) is 3.06. The van der Waals surface area contributed by atoms with Gasteiger partial charge in [-0.25, -0.2) is 4.98 Å². The quantitative estimate of drug-likeness (QED) is 0.867. The Balaban J connectivity index is 2.29. The molecule has 0 unspecified atom stereocenters. The second-order valence-corrected chi connectivity index (χ2v) is 4.88. The fourth-order valence-corrected chi connectivity index (χ4v) is 1.98. The molecule has 2 rings (SSSR count). The number of hydrogen-bond acceptors (Lipinski definition) is 4. The minimum atomic E-state index is -0.0676. The lowest BCUT2D eigenvalue weighted by Gasteiger charge is -2.12. The molecular weight excluding hydrogens is 252 g/mol. The topological polar surface area (TPSA) is 57.3 Å². The molecule has 0 bridgehead atoms. The summed E-state index contributed by atoms with van der Waals surface area (Å²) in [5.74, 6) is 0.628. The molecule has 106 valence electrons. The van der Waals surface area contributed by atoms with Crippen LogP contribution in [-0.2, 0) is 0 Å². The van der Waals surface area contributed by atoms with Crippen LogP contribution < -0.4 is 10.6 Å². The van der Waals surface area contributed by atoms with Gasteiger partial charge < -0.3 is 15.5 Å². The molecule has 1 aromatic carbocycles. The third-order valence-electron chi connectivity index (χ3n) is 3.06. The first kappa shape index (κ1) is 14.3. The van der Waals surface area contributed by atoms with Gasteiger partial charge in [-0.1, -0.05) is 18.2 Å². The minimum absolute atomic E-state index is 0.0676. The van der Waals surface area contributed by atoms with Crippen molar-refractivity contribution in [3.8, 4) is 0 Å². The number of benzene rings is 1. The third kappa shape index (κ3) is 3.24. The number of anilines is 1. The summed E-state index contributed by atoms with van der Waals surface area (Å²) in [4.78, 5) is 18.8. The zero-order valence-electron chi connectivity index (χ0n) is 12.1. The summed E-state index contributed by atoms with van der Waals surface area (Å²) in [5, 5.41) is 6.80. The summed E-state index contributed by atoms with van der Waals surface area (Å²) in [5.41, 5.74) is 1.47. The molecule has 1 amide bonds. The Morgan fingerprint density at radius 3 is 2.75 bits per heavy atom. The van der Waals surface area contributed by atoms with Gasteiger partial charge >= 0.3 is 0 Å². The Morgan fingerprint density at radius 2 is 2.05 bits per heavy atom. The van der Waals surface area contributed by atoms with Gasteiger partial charge in [-0.05, 0) is 26.2 Å². The summed E-state index contributed by atoms with van der Waals surface area (Å²) in [6.45, 7) is 1.44. The Hall–Kier alpha value is -2.14. The van der Waals surface area contributed by atoms with Crippen LogP contribution in [0.4, 0.5) is 5.82 Å². The van der Waals surface area contributed by atoms with Crippen LogP contribution in [0.1, 0.15) is 10.4 Å². The lowest BCUT2D eigenvalue weighted by atomic mass is 10.1. The van der Waals surface area contributed by atoms with E-state index in [0.717, 1.165) is 17.4 Å². The molecule has 0 aliphatic rings. The van der Waals surface area contributed by atoms with Gasteiger partial charge in [-0.2, -0.15) is 0 Å².